The molecule has 4 N–H and O–H groups in total. The van der Waals surface area contributed by atoms with E-state index in [1.807, 2.05) is 4.72 Å². The number of benzene rings is 1. The van der Waals surface area contributed by atoms with Gasteiger partial charge in [0.25, 0.3) is 5.91 Å². The summed E-state index contributed by atoms with van der Waals surface area (Å²) in [6.45, 7) is 1.15. The summed E-state index contributed by atoms with van der Waals surface area (Å²) in [5, 5.41) is 8.80. The summed E-state index contributed by atoms with van der Waals surface area (Å²) in [4.78, 5) is 36.6. The molecule has 0 bridgehead atoms. The lowest BCUT2D eigenvalue weighted by atomic mass is 10.0. The first kappa shape index (κ1) is 24.2. The number of rotatable bonds is 10. The Hall–Kier alpha value is -3.42. The van der Waals surface area contributed by atoms with Crippen LogP contribution < -0.4 is 10.2 Å². The van der Waals surface area contributed by atoms with Crippen LogP contribution in [0.15, 0.2) is 30.6 Å². The van der Waals surface area contributed by atoms with Crippen LogP contribution in [0.25, 0.3) is 11.0 Å². The lowest BCUT2D eigenvalue weighted by molar-refractivity contribution is 0.0168. The number of hydroxylamine groups is 1. The molecular weight excluding hydrogens is 462 g/mol. The lowest BCUT2D eigenvalue weighted by Gasteiger charge is -2.11. The van der Waals surface area contributed by atoms with Gasteiger partial charge in [-0.15, -0.1) is 0 Å². The van der Waals surface area contributed by atoms with E-state index in [2.05, 4.69) is 15.4 Å². The van der Waals surface area contributed by atoms with Crippen molar-refractivity contribution in [2.75, 3.05) is 23.7 Å². The zero-order valence-corrected chi connectivity index (χ0v) is 18.1. The molecule has 2 aromatic heterocycles. The third-order valence-corrected chi connectivity index (χ3v) is 5.93. The molecule has 0 spiro atoms. The fraction of sp³-hybridized carbons (Fsp3) is 0.250. The molecular formula is C20H20F2N4O6S. The highest BCUT2D eigenvalue weighted by atomic mass is 32.2. The lowest BCUT2D eigenvalue weighted by Crippen LogP contribution is -2.25. The van der Waals surface area contributed by atoms with Crippen LogP contribution >= 0.6 is 0 Å². The van der Waals surface area contributed by atoms with E-state index in [1.54, 1.807) is 6.92 Å². The molecule has 2 heterocycles. The van der Waals surface area contributed by atoms with Crippen molar-refractivity contribution < 1.29 is 36.7 Å². The van der Waals surface area contributed by atoms with Crippen molar-refractivity contribution in [3.63, 3.8) is 0 Å². The number of anilines is 1. The highest BCUT2D eigenvalue weighted by Gasteiger charge is 2.26. The maximum Gasteiger partial charge on any atom is 0.276 e. The number of aromatic nitrogens is 2. The molecule has 1 aromatic carbocycles. The van der Waals surface area contributed by atoms with Gasteiger partial charge in [0.05, 0.1) is 35.8 Å². The summed E-state index contributed by atoms with van der Waals surface area (Å²) >= 11 is 0. The number of halogens is 2. The second-order valence-corrected chi connectivity index (χ2v) is 8.70. The number of aliphatic hydroxyl groups excluding tert-OH is 1. The number of sulfonamides is 1. The third kappa shape index (κ3) is 5.32. The largest absolute Gasteiger partial charge is 0.394 e. The van der Waals surface area contributed by atoms with Crippen molar-refractivity contribution in [2.24, 2.45) is 0 Å². The van der Waals surface area contributed by atoms with Gasteiger partial charge in [-0.05, 0) is 24.6 Å². The number of hydrogen-bond acceptors (Lipinski definition) is 7. The van der Waals surface area contributed by atoms with Crippen molar-refractivity contribution in [3.05, 3.63) is 58.9 Å². The van der Waals surface area contributed by atoms with Crippen LogP contribution in [-0.4, -0.2) is 54.1 Å². The fourth-order valence-electron chi connectivity index (χ4n) is 3.00. The van der Waals surface area contributed by atoms with Gasteiger partial charge >= 0.3 is 0 Å². The summed E-state index contributed by atoms with van der Waals surface area (Å²) in [6, 6.07) is 2.94. The number of ketones is 1. The first-order chi connectivity index (χ1) is 15.7. The average molecular weight is 482 g/mol. The SMILES string of the molecule is CCCS(=O)(=O)Nc1ccc(F)c(C(=O)c2c[nH]c3ncc(C(=O)NOCCO)cc23)c1F. The second-order valence-electron chi connectivity index (χ2n) is 6.86. The van der Waals surface area contributed by atoms with E-state index in [9.17, 15) is 22.4 Å². The van der Waals surface area contributed by atoms with Crippen LogP contribution in [0.2, 0.25) is 0 Å². The quantitative estimate of drug-likeness (QED) is 0.196. The predicted octanol–water partition coefficient (Wildman–Crippen LogP) is 1.88. The standard InChI is InChI=1S/C20H20F2N4O6S/c1-2-7-33(30,31)26-15-4-3-14(21)16(17(15)22)18(28)13-10-24-19-12(13)8-11(9-23-19)20(29)25-32-6-5-27/h3-4,8-10,26-27H,2,5-7H2,1H3,(H,23,24)(H,25,29). The van der Waals surface area contributed by atoms with E-state index in [4.69, 9.17) is 9.94 Å². The maximum atomic E-state index is 15.0. The maximum absolute atomic E-state index is 15.0. The number of aromatic amines is 1. The number of carbonyl (C=O) groups is 2. The number of H-pyrrole nitrogens is 1. The Labute approximate surface area is 187 Å². The zero-order valence-electron chi connectivity index (χ0n) is 17.3. The summed E-state index contributed by atoms with van der Waals surface area (Å²) in [5.74, 6) is -4.64. The highest BCUT2D eigenvalue weighted by molar-refractivity contribution is 7.92. The van der Waals surface area contributed by atoms with E-state index < -0.39 is 44.6 Å². The van der Waals surface area contributed by atoms with E-state index >= 15 is 4.39 Å². The smallest absolute Gasteiger partial charge is 0.276 e. The Balaban J connectivity index is 2.00. The first-order valence-electron chi connectivity index (χ1n) is 9.71. The Morgan fingerprint density at radius 2 is 2.03 bits per heavy atom. The zero-order chi connectivity index (χ0) is 24.2. The molecule has 1 amide bonds. The summed E-state index contributed by atoms with van der Waals surface area (Å²) in [7, 11) is -3.89. The second kappa shape index (κ2) is 10.0. The molecule has 0 saturated carbocycles. The number of pyridine rings is 1. The number of nitrogens with zero attached hydrogens (tertiary/aromatic N) is 1. The molecule has 0 aliphatic heterocycles. The predicted molar refractivity (Wildman–Crippen MR) is 114 cm³/mol. The molecule has 0 fully saturated rings. The van der Waals surface area contributed by atoms with E-state index in [1.165, 1.54) is 18.5 Å². The van der Waals surface area contributed by atoms with Crippen molar-refractivity contribution in [1.82, 2.24) is 15.4 Å². The van der Waals surface area contributed by atoms with Crippen LogP contribution in [-0.2, 0) is 14.9 Å². The van der Waals surface area contributed by atoms with Gasteiger partial charge < -0.3 is 10.1 Å². The molecule has 13 heteroatoms. The number of carbonyl (C=O) groups excluding carboxylic acids is 2. The number of fused-ring (bicyclic) bond motifs is 1. The monoisotopic (exact) mass is 482 g/mol. The number of aliphatic hydroxyl groups is 1. The minimum absolute atomic E-state index is 0.0175. The normalized spacial score (nSPS) is 11.5. The van der Waals surface area contributed by atoms with Crippen LogP contribution in [0.5, 0.6) is 0 Å². The summed E-state index contributed by atoms with van der Waals surface area (Å²) in [5.41, 5.74) is 0.519. The molecule has 33 heavy (non-hydrogen) atoms. The molecule has 3 rings (SSSR count). The van der Waals surface area contributed by atoms with Gasteiger partial charge in [-0.3, -0.25) is 19.1 Å². The van der Waals surface area contributed by atoms with Crippen LogP contribution in [0.1, 0.15) is 39.6 Å². The molecule has 0 atom stereocenters. The minimum atomic E-state index is -3.89. The Morgan fingerprint density at radius 3 is 2.73 bits per heavy atom. The van der Waals surface area contributed by atoms with Crippen LogP contribution in [0.3, 0.4) is 0 Å². The Kier molecular flexibility index (Phi) is 7.36. The van der Waals surface area contributed by atoms with Crippen LogP contribution in [0, 0.1) is 11.6 Å². The number of amides is 1. The van der Waals surface area contributed by atoms with Gasteiger partial charge in [-0.1, -0.05) is 6.92 Å². The molecule has 0 aliphatic rings. The van der Waals surface area contributed by atoms with Crippen molar-refractivity contribution in [3.8, 4) is 0 Å². The van der Waals surface area contributed by atoms with Crippen molar-refractivity contribution in [2.45, 2.75) is 13.3 Å². The van der Waals surface area contributed by atoms with Gasteiger partial charge in [0.2, 0.25) is 15.8 Å². The minimum Gasteiger partial charge on any atom is -0.394 e. The molecule has 0 radical (unpaired) electrons. The Bertz CT molecular complexity index is 1310. The molecule has 0 saturated heterocycles. The van der Waals surface area contributed by atoms with Crippen molar-refractivity contribution >= 4 is 38.4 Å². The van der Waals surface area contributed by atoms with Gasteiger partial charge in [-0.25, -0.2) is 27.7 Å². The summed E-state index contributed by atoms with van der Waals surface area (Å²) in [6.07, 6.45) is 2.64. The van der Waals surface area contributed by atoms with E-state index in [-0.39, 0.29) is 47.5 Å². The molecule has 10 nitrogen and oxygen atoms in total. The molecule has 0 aliphatic carbocycles. The topological polar surface area (TPSA) is 150 Å². The first-order valence-corrected chi connectivity index (χ1v) is 11.4. The van der Waals surface area contributed by atoms with Gasteiger partial charge in [-0.2, -0.15) is 0 Å². The average Bonchev–Trinajstić information content (AvgIpc) is 3.19. The third-order valence-electron chi connectivity index (χ3n) is 4.45. The van der Waals surface area contributed by atoms with E-state index in [0.717, 1.165) is 12.1 Å². The molecule has 176 valence electrons. The molecule has 0 unspecified atom stereocenters. The van der Waals surface area contributed by atoms with Gasteiger partial charge in [0.1, 0.15) is 11.5 Å². The van der Waals surface area contributed by atoms with Gasteiger partial charge in [0, 0.05) is 23.3 Å². The van der Waals surface area contributed by atoms with Crippen molar-refractivity contribution in [1.29, 1.82) is 0 Å². The van der Waals surface area contributed by atoms with E-state index in [0.29, 0.717) is 0 Å². The van der Waals surface area contributed by atoms with Gasteiger partial charge in [0.15, 0.2) is 5.82 Å². The highest BCUT2D eigenvalue weighted by Crippen LogP contribution is 2.27. The fourth-order valence-corrected chi connectivity index (χ4v) is 4.13. The Morgan fingerprint density at radius 1 is 1.27 bits per heavy atom. The number of nitrogens with one attached hydrogen (secondary N) is 3. The molecule has 3 aromatic rings. The number of hydrogen-bond donors (Lipinski definition) is 4. The van der Waals surface area contributed by atoms with Crippen LogP contribution in [0.4, 0.5) is 14.5 Å². The summed E-state index contributed by atoms with van der Waals surface area (Å²) < 4.78 is 55.5.